The molecule has 0 aliphatic rings. The molecule has 0 saturated carbocycles. The van der Waals surface area contributed by atoms with Crippen LogP contribution in [0.25, 0.3) is 0 Å². The van der Waals surface area contributed by atoms with Crippen LogP contribution in [0.15, 0.2) is 0 Å². The Labute approximate surface area is 105 Å². The molecule has 0 amide bonds. The maximum atomic E-state index is 12.4. The Kier molecular flexibility index (Phi) is 9.82. The van der Waals surface area contributed by atoms with Crippen LogP contribution in [0.2, 0.25) is 0 Å². The standard InChI is InChI=1S/C11H25O3PS/c1-4-7-9-13-15(12,11(16)6-3)14-10-8-5-2/h11,16H,4-10H2,1-3H3. The Morgan fingerprint density at radius 3 is 1.81 bits per heavy atom. The van der Waals surface area contributed by atoms with E-state index in [9.17, 15) is 4.57 Å². The van der Waals surface area contributed by atoms with E-state index in [4.69, 9.17) is 9.05 Å². The van der Waals surface area contributed by atoms with Crippen LogP contribution < -0.4 is 0 Å². The van der Waals surface area contributed by atoms with Crippen molar-refractivity contribution in [3.63, 3.8) is 0 Å². The van der Waals surface area contributed by atoms with E-state index in [0.29, 0.717) is 19.6 Å². The van der Waals surface area contributed by atoms with Crippen LogP contribution in [0.4, 0.5) is 0 Å². The number of unbranched alkanes of at least 4 members (excludes halogenated alkanes) is 2. The first kappa shape index (κ1) is 16.5. The number of hydrogen-bond acceptors (Lipinski definition) is 4. The minimum Gasteiger partial charge on any atom is -0.308 e. The Hall–Kier alpha value is 0.500. The van der Waals surface area contributed by atoms with E-state index in [-0.39, 0.29) is 4.99 Å². The number of thiol groups is 1. The second-order valence-electron chi connectivity index (χ2n) is 3.80. The molecule has 0 aliphatic carbocycles. The number of rotatable bonds is 10. The van der Waals surface area contributed by atoms with E-state index in [0.717, 1.165) is 25.7 Å². The zero-order chi connectivity index (χ0) is 12.4. The monoisotopic (exact) mass is 268 g/mol. The van der Waals surface area contributed by atoms with E-state index in [1.807, 2.05) is 6.92 Å². The predicted octanol–water partition coefficient (Wildman–Crippen LogP) is 4.48. The third-order valence-corrected chi connectivity index (χ3v) is 5.66. The van der Waals surface area contributed by atoms with Crippen molar-refractivity contribution in [2.45, 2.75) is 57.9 Å². The van der Waals surface area contributed by atoms with Crippen molar-refractivity contribution in [2.24, 2.45) is 0 Å². The van der Waals surface area contributed by atoms with Crippen molar-refractivity contribution in [1.82, 2.24) is 0 Å². The van der Waals surface area contributed by atoms with Crippen LogP contribution in [0, 0.1) is 0 Å². The van der Waals surface area contributed by atoms with Gasteiger partial charge in [-0.1, -0.05) is 33.6 Å². The van der Waals surface area contributed by atoms with Crippen molar-refractivity contribution in [1.29, 1.82) is 0 Å². The fourth-order valence-electron chi connectivity index (χ4n) is 1.11. The van der Waals surface area contributed by atoms with Gasteiger partial charge in [-0.05, 0) is 19.3 Å². The van der Waals surface area contributed by atoms with Crippen molar-refractivity contribution < 1.29 is 13.6 Å². The Bertz CT molecular complexity index is 197. The highest BCUT2D eigenvalue weighted by Gasteiger charge is 2.31. The van der Waals surface area contributed by atoms with Gasteiger partial charge in [0.25, 0.3) is 0 Å². The molecule has 0 fully saturated rings. The molecule has 0 heterocycles. The smallest absolute Gasteiger partial charge is 0.308 e. The Balaban J connectivity index is 4.19. The fraction of sp³-hybridized carbons (Fsp3) is 1.00. The lowest BCUT2D eigenvalue weighted by Gasteiger charge is -2.22. The summed E-state index contributed by atoms with van der Waals surface area (Å²) in [6, 6.07) is 0. The lowest BCUT2D eigenvalue weighted by Crippen LogP contribution is -2.08. The predicted molar refractivity (Wildman–Crippen MR) is 72.4 cm³/mol. The molecule has 5 heteroatoms. The van der Waals surface area contributed by atoms with Crippen LogP contribution in [-0.2, 0) is 13.6 Å². The van der Waals surface area contributed by atoms with Crippen molar-refractivity contribution in [2.75, 3.05) is 13.2 Å². The molecule has 0 N–H and O–H groups in total. The summed E-state index contributed by atoms with van der Waals surface area (Å²) in [5.41, 5.74) is 0. The molecule has 0 bridgehead atoms. The molecule has 0 aromatic heterocycles. The average molecular weight is 268 g/mol. The first-order valence-electron chi connectivity index (χ1n) is 6.17. The lowest BCUT2D eigenvalue weighted by atomic mass is 10.4. The second kappa shape index (κ2) is 9.52. The topological polar surface area (TPSA) is 35.5 Å². The zero-order valence-electron chi connectivity index (χ0n) is 10.6. The summed E-state index contributed by atoms with van der Waals surface area (Å²) in [5, 5.41) is 0. The van der Waals surface area contributed by atoms with Gasteiger partial charge in [0, 0.05) is 0 Å². The first-order valence-corrected chi connectivity index (χ1v) is 8.30. The highest BCUT2D eigenvalue weighted by Crippen LogP contribution is 2.56. The van der Waals surface area contributed by atoms with Crippen molar-refractivity contribution >= 4 is 20.2 Å². The van der Waals surface area contributed by atoms with Gasteiger partial charge in [-0.3, -0.25) is 4.57 Å². The molecule has 0 radical (unpaired) electrons. The number of hydrogen-bond donors (Lipinski definition) is 1. The van der Waals surface area contributed by atoms with Gasteiger partial charge in [-0.25, -0.2) is 0 Å². The van der Waals surface area contributed by atoms with E-state index in [2.05, 4.69) is 26.5 Å². The van der Waals surface area contributed by atoms with E-state index < -0.39 is 7.60 Å². The molecule has 0 aliphatic heterocycles. The SMILES string of the molecule is CCCCOP(=O)(OCCCC)C(S)CC. The van der Waals surface area contributed by atoms with Crippen molar-refractivity contribution in [3.05, 3.63) is 0 Å². The molecule has 0 rings (SSSR count). The van der Waals surface area contributed by atoms with Crippen LogP contribution in [0.5, 0.6) is 0 Å². The van der Waals surface area contributed by atoms with Gasteiger partial charge in [0.15, 0.2) is 0 Å². The summed E-state index contributed by atoms with van der Waals surface area (Å²) in [6.45, 7) is 7.08. The van der Waals surface area contributed by atoms with E-state index in [1.165, 1.54) is 0 Å². The maximum Gasteiger partial charge on any atom is 0.343 e. The van der Waals surface area contributed by atoms with Crippen LogP contribution in [-0.4, -0.2) is 18.2 Å². The molecule has 0 spiro atoms. The van der Waals surface area contributed by atoms with Gasteiger partial charge in [-0.2, -0.15) is 12.6 Å². The minimum atomic E-state index is -3.01. The zero-order valence-corrected chi connectivity index (χ0v) is 12.4. The minimum absolute atomic E-state index is 0.304. The second-order valence-corrected chi connectivity index (χ2v) is 7.05. The molecular formula is C11H25O3PS. The summed E-state index contributed by atoms with van der Waals surface area (Å²) >= 11 is 4.30. The van der Waals surface area contributed by atoms with Gasteiger partial charge >= 0.3 is 7.60 Å². The summed E-state index contributed by atoms with van der Waals surface area (Å²) < 4.78 is 23.2. The molecular weight excluding hydrogens is 243 g/mol. The molecule has 3 nitrogen and oxygen atoms in total. The fourth-order valence-corrected chi connectivity index (χ4v) is 3.14. The normalized spacial score (nSPS) is 14.0. The molecule has 1 atom stereocenters. The molecule has 0 aromatic carbocycles. The molecule has 0 saturated heterocycles. The highest BCUT2D eigenvalue weighted by atomic mass is 32.1. The van der Waals surface area contributed by atoms with Gasteiger partial charge in [0.2, 0.25) is 0 Å². The highest BCUT2D eigenvalue weighted by molar-refractivity contribution is 7.89. The Morgan fingerprint density at radius 1 is 1.06 bits per heavy atom. The van der Waals surface area contributed by atoms with Crippen molar-refractivity contribution in [3.8, 4) is 0 Å². The van der Waals surface area contributed by atoms with E-state index >= 15 is 0 Å². The van der Waals surface area contributed by atoms with Gasteiger partial charge < -0.3 is 9.05 Å². The summed E-state index contributed by atoms with van der Waals surface area (Å²) in [4.78, 5) is -0.304. The quantitative estimate of drug-likeness (QED) is 0.360. The summed E-state index contributed by atoms with van der Waals surface area (Å²) in [5.74, 6) is 0. The Morgan fingerprint density at radius 2 is 1.50 bits per heavy atom. The van der Waals surface area contributed by atoms with Gasteiger partial charge in [0.05, 0.1) is 13.2 Å². The van der Waals surface area contributed by atoms with Crippen LogP contribution in [0.1, 0.15) is 52.9 Å². The van der Waals surface area contributed by atoms with E-state index in [1.54, 1.807) is 0 Å². The summed E-state index contributed by atoms with van der Waals surface area (Å²) in [7, 11) is -3.01. The lowest BCUT2D eigenvalue weighted by molar-refractivity contribution is 0.198. The van der Waals surface area contributed by atoms with Gasteiger partial charge in [-0.15, -0.1) is 0 Å². The van der Waals surface area contributed by atoms with Crippen LogP contribution >= 0.6 is 20.2 Å². The third-order valence-electron chi connectivity index (χ3n) is 2.27. The summed E-state index contributed by atoms with van der Waals surface area (Å²) in [6.07, 6.45) is 4.56. The largest absolute Gasteiger partial charge is 0.343 e. The molecule has 98 valence electrons. The first-order chi connectivity index (χ1) is 7.60. The molecule has 16 heavy (non-hydrogen) atoms. The van der Waals surface area contributed by atoms with Crippen LogP contribution in [0.3, 0.4) is 0 Å². The average Bonchev–Trinajstić information content (AvgIpc) is 2.28. The van der Waals surface area contributed by atoms with Gasteiger partial charge in [0.1, 0.15) is 4.99 Å². The molecule has 0 aromatic rings. The molecule has 1 unspecified atom stereocenters. The third kappa shape index (κ3) is 6.29. The maximum absolute atomic E-state index is 12.4.